The van der Waals surface area contributed by atoms with Gasteiger partial charge in [-0.05, 0) is 48.6 Å². The van der Waals surface area contributed by atoms with Crippen LogP contribution in [0.2, 0.25) is 10.0 Å². The van der Waals surface area contributed by atoms with Crippen molar-refractivity contribution in [1.82, 2.24) is 5.32 Å². The minimum absolute atomic E-state index is 0.0505. The van der Waals surface area contributed by atoms with Gasteiger partial charge in [0.05, 0.1) is 22.8 Å². The summed E-state index contributed by atoms with van der Waals surface area (Å²) in [6.07, 6.45) is 0. The van der Waals surface area contributed by atoms with Crippen molar-refractivity contribution in [3.8, 4) is 17.1 Å². The molecule has 0 aliphatic carbocycles. The first kappa shape index (κ1) is 24.6. The number of methoxy groups -OCH3 is 1. The van der Waals surface area contributed by atoms with Crippen molar-refractivity contribution < 1.29 is 18.7 Å². The molecular weight excluding hydrogens is 485 g/mol. The largest absolute Gasteiger partial charge is 0.494 e. The average Bonchev–Trinajstić information content (AvgIpc) is 3.26. The van der Waals surface area contributed by atoms with Crippen LogP contribution >= 0.6 is 35.4 Å². The Bertz CT molecular complexity index is 1210. The molecule has 0 saturated heterocycles. The maximum Gasteiger partial charge on any atom is 0.293 e. The standard InChI is InChI=1S/C23H21Cl2N3O4S/c1-12(2)21(29)27-16-8-7-13(11-19(16)31-3)26-23(33)28-22(30)18-10-9-17(32-18)14-5-4-6-15(24)20(14)25/h4-12H,1-3H3,(H,27,29)(H2,26,28,30,33). The predicted molar refractivity (Wildman–Crippen MR) is 134 cm³/mol. The van der Waals surface area contributed by atoms with E-state index in [-0.39, 0.29) is 22.7 Å². The minimum Gasteiger partial charge on any atom is -0.494 e. The number of amides is 2. The summed E-state index contributed by atoms with van der Waals surface area (Å²) >= 11 is 17.5. The van der Waals surface area contributed by atoms with Gasteiger partial charge in [0.25, 0.3) is 5.91 Å². The molecule has 0 aliphatic rings. The van der Waals surface area contributed by atoms with Crippen LogP contribution in [0.25, 0.3) is 11.3 Å². The maximum atomic E-state index is 12.5. The lowest BCUT2D eigenvalue weighted by molar-refractivity contribution is -0.118. The fourth-order valence-electron chi connectivity index (χ4n) is 2.78. The molecule has 3 N–H and O–H groups in total. The van der Waals surface area contributed by atoms with Gasteiger partial charge in [0.1, 0.15) is 11.5 Å². The first-order valence-corrected chi connectivity index (χ1v) is 11.0. The van der Waals surface area contributed by atoms with E-state index in [0.717, 1.165) is 0 Å². The molecule has 0 unspecified atom stereocenters. The second-order valence-corrected chi connectivity index (χ2v) is 8.43. The molecule has 0 aliphatic heterocycles. The quantitative estimate of drug-likeness (QED) is 0.356. The molecule has 0 spiro atoms. The van der Waals surface area contributed by atoms with Crippen molar-refractivity contribution in [1.29, 1.82) is 0 Å². The van der Waals surface area contributed by atoms with Crippen LogP contribution in [0.3, 0.4) is 0 Å². The van der Waals surface area contributed by atoms with Gasteiger partial charge < -0.3 is 19.8 Å². The van der Waals surface area contributed by atoms with Gasteiger partial charge in [-0.2, -0.15) is 0 Å². The molecule has 33 heavy (non-hydrogen) atoms. The van der Waals surface area contributed by atoms with Crippen LogP contribution < -0.4 is 20.7 Å². The molecular formula is C23H21Cl2N3O4S. The molecule has 3 rings (SSSR count). The van der Waals surface area contributed by atoms with Gasteiger partial charge in [-0.3, -0.25) is 14.9 Å². The van der Waals surface area contributed by atoms with Crippen molar-refractivity contribution in [3.63, 3.8) is 0 Å². The summed E-state index contributed by atoms with van der Waals surface area (Å²) in [4.78, 5) is 24.5. The van der Waals surface area contributed by atoms with E-state index in [1.54, 1.807) is 56.3 Å². The van der Waals surface area contributed by atoms with Crippen LogP contribution in [0.15, 0.2) is 52.9 Å². The monoisotopic (exact) mass is 505 g/mol. The molecule has 1 aromatic heterocycles. The van der Waals surface area contributed by atoms with Crippen molar-refractivity contribution in [2.45, 2.75) is 13.8 Å². The summed E-state index contributed by atoms with van der Waals surface area (Å²) in [5.41, 5.74) is 1.66. The highest BCUT2D eigenvalue weighted by Crippen LogP contribution is 2.34. The third kappa shape index (κ3) is 6.04. The number of hydrogen-bond acceptors (Lipinski definition) is 5. The molecule has 172 valence electrons. The Kier molecular flexibility index (Phi) is 7.97. The number of halogens is 2. The molecule has 0 radical (unpaired) electrons. The van der Waals surface area contributed by atoms with E-state index < -0.39 is 5.91 Å². The Morgan fingerprint density at radius 1 is 1.06 bits per heavy atom. The van der Waals surface area contributed by atoms with Gasteiger partial charge in [0, 0.05) is 23.2 Å². The van der Waals surface area contributed by atoms with Gasteiger partial charge in [0.15, 0.2) is 10.9 Å². The Balaban J connectivity index is 1.66. The lowest BCUT2D eigenvalue weighted by Gasteiger charge is -2.14. The zero-order valence-electron chi connectivity index (χ0n) is 18.0. The Morgan fingerprint density at radius 3 is 2.52 bits per heavy atom. The number of thiocarbonyl (C=S) groups is 1. The third-order valence-corrected chi connectivity index (χ3v) is 5.54. The van der Waals surface area contributed by atoms with Crippen LogP contribution in [0.5, 0.6) is 5.75 Å². The van der Waals surface area contributed by atoms with E-state index in [1.807, 2.05) is 0 Å². The molecule has 0 bridgehead atoms. The van der Waals surface area contributed by atoms with Crippen molar-refractivity contribution in [2.75, 3.05) is 17.7 Å². The molecule has 10 heteroatoms. The van der Waals surface area contributed by atoms with E-state index in [9.17, 15) is 9.59 Å². The highest BCUT2D eigenvalue weighted by atomic mass is 35.5. The molecule has 1 heterocycles. The molecule has 7 nitrogen and oxygen atoms in total. The Morgan fingerprint density at radius 2 is 1.82 bits per heavy atom. The smallest absolute Gasteiger partial charge is 0.293 e. The first-order valence-electron chi connectivity index (χ1n) is 9.85. The van der Waals surface area contributed by atoms with Crippen LogP contribution in [0.1, 0.15) is 24.4 Å². The summed E-state index contributed by atoms with van der Waals surface area (Å²) < 4.78 is 11.0. The highest BCUT2D eigenvalue weighted by Gasteiger charge is 2.17. The highest BCUT2D eigenvalue weighted by molar-refractivity contribution is 7.80. The van der Waals surface area contributed by atoms with Gasteiger partial charge in [-0.1, -0.05) is 43.1 Å². The molecule has 0 atom stereocenters. The van der Waals surface area contributed by atoms with Gasteiger partial charge in [-0.15, -0.1) is 0 Å². The third-order valence-electron chi connectivity index (χ3n) is 4.52. The number of anilines is 2. The topological polar surface area (TPSA) is 92.6 Å². The number of nitrogens with one attached hydrogen (secondary N) is 3. The number of ether oxygens (including phenoxy) is 1. The summed E-state index contributed by atoms with van der Waals surface area (Å²) in [6, 6.07) is 13.3. The zero-order chi connectivity index (χ0) is 24.1. The van der Waals surface area contributed by atoms with Crippen LogP contribution in [0.4, 0.5) is 11.4 Å². The number of hydrogen-bond donors (Lipinski definition) is 3. The fourth-order valence-corrected chi connectivity index (χ4v) is 3.38. The van der Waals surface area contributed by atoms with E-state index >= 15 is 0 Å². The molecule has 3 aromatic rings. The van der Waals surface area contributed by atoms with E-state index in [4.69, 9.17) is 44.6 Å². The Labute approximate surface area is 206 Å². The van der Waals surface area contributed by atoms with Gasteiger partial charge in [0.2, 0.25) is 5.91 Å². The Hall–Kier alpha value is -3.07. The van der Waals surface area contributed by atoms with Gasteiger partial charge >= 0.3 is 0 Å². The summed E-state index contributed by atoms with van der Waals surface area (Å²) in [7, 11) is 1.49. The average molecular weight is 506 g/mol. The second-order valence-electron chi connectivity index (χ2n) is 7.23. The van der Waals surface area contributed by atoms with Gasteiger partial charge in [-0.25, -0.2) is 0 Å². The summed E-state index contributed by atoms with van der Waals surface area (Å²) in [5, 5.41) is 9.02. The molecule has 2 aromatic carbocycles. The van der Waals surface area contributed by atoms with Crippen molar-refractivity contribution >= 4 is 63.7 Å². The number of carbonyl (C=O) groups is 2. The van der Waals surface area contributed by atoms with E-state index in [1.165, 1.54) is 13.2 Å². The van der Waals surface area contributed by atoms with Crippen molar-refractivity contribution in [2.24, 2.45) is 5.92 Å². The molecule has 2 amide bonds. The predicted octanol–water partition coefficient (Wildman–Crippen LogP) is 5.98. The summed E-state index contributed by atoms with van der Waals surface area (Å²) in [5.74, 6) is 0.0488. The lowest BCUT2D eigenvalue weighted by Crippen LogP contribution is -2.33. The second kappa shape index (κ2) is 10.7. The number of benzene rings is 2. The van der Waals surface area contributed by atoms with Crippen molar-refractivity contribution in [3.05, 3.63) is 64.3 Å². The number of carbonyl (C=O) groups excluding carboxylic acids is 2. The lowest BCUT2D eigenvalue weighted by atomic mass is 10.2. The van der Waals surface area contributed by atoms with Crippen LogP contribution in [-0.2, 0) is 4.79 Å². The maximum absolute atomic E-state index is 12.5. The molecule has 0 fully saturated rings. The summed E-state index contributed by atoms with van der Waals surface area (Å²) in [6.45, 7) is 3.59. The van der Waals surface area contributed by atoms with Crippen LogP contribution in [0, 0.1) is 5.92 Å². The first-order chi connectivity index (χ1) is 15.7. The number of furan rings is 1. The number of rotatable bonds is 6. The van der Waals surface area contributed by atoms with Crippen LogP contribution in [-0.4, -0.2) is 24.0 Å². The molecule has 0 saturated carbocycles. The zero-order valence-corrected chi connectivity index (χ0v) is 20.3. The normalized spacial score (nSPS) is 10.6. The SMILES string of the molecule is COc1cc(NC(=S)NC(=O)c2ccc(-c3cccc(Cl)c3Cl)o2)ccc1NC(=O)C(C)C. The fraction of sp³-hybridized carbons (Fsp3) is 0.174. The van der Waals surface area contributed by atoms with E-state index in [2.05, 4.69) is 16.0 Å². The van der Waals surface area contributed by atoms with E-state index in [0.29, 0.717) is 38.5 Å². The minimum atomic E-state index is -0.537.